The van der Waals surface area contributed by atoms with Crippen molar-refractivity contribution in [3.05, 3.63) is 48.0 Å². The summed E-state index contributed by atoms with van der Waals surface area (Å²) in [6.45, 7) is 2.12. The Morgan fingerprint density at radius 1 is 1.17 bits per heavy atom. The first-order valence-corrected chi connectivity index (χ1v) is 5.98. The molecule has 0 aliphatic rings. The van der Waals surface area contributed by atoms with E-state index in [2.05, 4.69) is 41.4 Å². The molecule has 0 unspecified atom stereocenters. The third kappa shape index (κ3) is 3.36. The maximum Gasteiger partial charge on any atom is 0.216 e. The van der Waals surface area contributed by atoms with Gasteiger partial charge in [0.25, 0.3) is 0 Å². The van der Waals surface area contributed by atoms with Gasteiger partial charge in [-0.1, -0.05) is 42.2 Å². The van der Waals surface area contributed by atoms with Crippen molar-refractivity contribution in [3.63, 3.8) is 0 Å². The summed E-state index contributed by atoms with van der Waals surface area (Å²) in [5, 5.41) is 5.14. The Hall–Kier alpha value is -2.27. The van der Waals surface area contributed by atoms with Gasteiger partial charge in [0.2, 0.25) is 5.91 Å². The quantitative estimate of drug-likeness (QED) is 0.631. The SMILES string of the molecule is CC(=O)NCCC#Cc1ccc2ccccc2c1. The lowest BCUT2D eigenvalue weighted by Crippen LogP contribution is -2.20. The molecule has 0 saturated carbocycles. The van der Waals surface area contributed by atoms with E-state index < -0.39 is 0 Å². The molecule has 0 aliphatic carbocycles. The molecule has 2 rings (SSSR count). The maximum atomic E-state index is 10.7. The van der Waals surface area contributed by atoms with Gasteiger partial charge in [0, 0.05) is 25.5 Å². The van der Waals surface area contributed by atoms with Crippen LogP contribution in [0.25, 0.3) is 10.8 Å². The van der Waals surface area contributed by atoms with E-state index >= 15 is 0 Å². The van der Waals surface area contributed by atoms with Crippen molar-refractivity contribution in [1.29, 1.82) is 0 Å². The van der Waals surface area contributed by atoms with Crippen LogP contribution in [-0.4, -0.2) is 12.5 Å². The summed E-state index contributed by atoms with van der Waals surface area (Å²) >= 11 is 0. The van der Waals surface area contributed by atoms with Crippen LogP contribution in [0.3, 0.4) is 0 Å². The second kappa shape index (κ2) is 5.88. The molecule has 18 heavy (non-hydrogen) atoms. The molecular weight excluding hydrogens is 222 g/mol. The van der Waals surface area contributed by atoms with Crippen molar-refractivity contribution in [3.8, 4) is 11.8 Å². The molecule has 0 spiro atoms. The lowest BCUT2D eigenvalue weighted by Gasteiger charge is -1.97. The van der Waals surface area contributed by atoms with Gasteiger partial charge in [-0.3, -0.25) is 4.79 Å². The number of benzene rings is 2. The molecule has 0 heterocycles. The fourth-order valence-corrected chi connectivity index (χ4v) is 1.73. The van der Waals surface area contributed by atoms with E-state index in [9.17, 15) is 4.79 Å². The molecule has 0 aromatic heterocycles. The van der Waals surface area contributed by atoms with Crippen LogP contribution in [-0.2, 0) is 4.79 Å². The molecule has 0 atom stereocenters. The zero-order valence-electron chi connectivity index (χ0n) is 10.4. The second-order valence-corrected chi connectivity index (χ2v) is 4.10. The van der Waals surface area contributed by atoms with Crippen molar-refractivity contribution in [2.75, 3.05) is 6.54 Å². The topological polar surface area (TPSA) is 29.1 Å². The summed E-state index contributed by atoms with van der Waals surface area (Å²) in [5.74, 6) is 6.15. The average molecular weight is 237 g/mol. The summed E-state index contributed by atoms with van der Waals surface area (Å²) < 4.78 is 0. The van der Waals surface area contributed by atoms with Gasteiger partial charge in [-0.15, -0.1) is 0 Å². The summed E-state index contributed by atoms with van der Waals surface area (Å²) in [7, 11) is 0. The molecule has 2 nitrogen and oxygen atoms in total. The Morgan fingerprint density at radius 3 is 2.72 bits per heavy atom. The highest BCUT2D eigenvalue weighted by molar-refractivity contribution is 5.83. The normalized spacial score (nSPS) is 9.61. The third-order valence-corrected chi connectivity index (χ3v) is 2.61. The van der Waals surface area contributed by atoms with E-state index in [1.54, 1.807) is 0 Å². The van der Waals surface area contributed by atoms with Crippen LogP contribution < -0.4 is 5.32 Å². The number of nitrogens with one attached hydrogen (secondary N) is 1. The van der Waals surface area contributed by atoms with Gasteiger partial charge in [-0.05, 0) is 22.9 Å². The van der Waals surface area contributed by atoms with E-state index in [4.69, 9.17) is 0 Å². The van der Waals surface area contributed by atoms with Crippen LogP contribution >= 0.6 is 0 Å². The molecule has 1 N–H and O–H groups in total. The van der Waals surface area contributed by atoms with Gasteiger partial charge >= 0.3 is 0 Å². The van der Waals surface area contributed by atoms with E-state index in [0.717, 1.165) is 5.56 Å². The minimum atomic E-state index is -0.0116. The van der Waals surface area contributed by atoms with Crippen molar-refractivity contribution >= 4 is 16.7 Å². The number of fused-ring (bicyclic) bond motifs is 1. The van der Waals surface area contributed by atoms with Crippen molar-refractivity contribution in [2.45, 2.75) is 13.3 Å². The molecule has 0 bridgehead atoms. The maximum absolute atomic E-state index is 10.7. The summed E-state index contributed by atoms with van der Waals surface area (Å²) in [6, 6.07) is 14.4. The van der Waals surface area contributed by atoms with Crippen LogP contribution in [0.15, 0.2) is 42.5 Å². The number of amides is 1. The van der Waals surface area contributed by atoms with E-state index in [0.29, 0.717) is 13.0 Å². The van der Waals surface area contributed by atoms with Gasteiger partial charge in [0.05, 0.1) is 0 Å². The van der Waals surface area contributed by atoms with Crippen LogP contribution in [0.4, 0.5) is 0 Å². The molecule has 2 aromatic carbocycles. The van der Waals surface area contributed by atoms with Crippen LogP contribution in [0, 0.1) is 11.8 Å². The Bertz CT molecular complexity index is 620. The number of hydrogen-bond acceptors (Lipinski definition) is 1. The standard InChI is InChI=1S/C16H15NO/c1-13(18)17-11-5-4-6-14-9-10-15-7-2-3-8-16(15)12-14/h2-3,7-10,12H,5,11H2,1H3,(H,17,18). The lowest BCUT2D eigenvalue weighted by molar-refractivity contribution is -0.118. The number of carbonyl (C=O) groups excluding carboxylic acids is 1. The molecule has 90 valence electrons. The van der Waals surface area contributed by atoms with Crippen LogP contribution in [0.1, 0.15) is 18.9 Å². The van der Waals surface area contributed by atoms with E-state index in [1.807, 2.05) is 18.2 Å². The fourth-order valence-electron chi connectivity index (χ4n) is 1.73. The second-order valence-electron chi connectivity index (χ2n) is 4.10. The predicted octanol–water partition coefficient (Wildman–Crippen LogP) is 2.72. The first kappa shape index (κ1) is 12.2. The molecule has 2 aromatic rings. The molecule has 2 heteroatoms. The predicted molar refractivity (Wildman–Crippen MR) is 74.1 cm³/mol. The van der Waals surface area contributed by atoms with Crippen molar-refractivity contribution < 1.29 is 4.79 Å². The summed E-state index contributed by atoms with van der Waals surface area (Å²) in [5.41, 5.74) is 1.01. The summed E-state index contributed by atoms with van der Waals surface area (Å²) in [6.07, 6.45) is 0.673. The Morgan fingerprint density at radius 2 is 1.94 bits per heavy atom. The summed E-state index contributed by atoms with van der Waals surface area (Å²) in [4.78, 5) is 10.7. The minimum absolute atomic E-state index is 0.0116. The first-order valence-electron chi connectivity index (χ1n) is 5.98. The molecule has 1 amide bonds. The molecule has 0 saturated heterocycles. The Labute approximate surface area is 107 Å². The Kier molecular flexibility index (Phi) is 3.98. The van der Waals surface area contributed by atoms with Crippen molar-refractivity contribution in [1.82, 2.24) is 5.32 Å². The highest BCUT2D eigenvalue weighted by atomic mass is 16.1. The zero-order chi connectivity index (χ0) is 12.8. The molecule has 0 radical (unpaired) electrons. The van der Waals surface area contributed by atoms with Gasteiger partial charge in [-0.25, -0.2) is 0 Å². The van der Waals surface area contributed by atoms with E-state index in [-0.39, 0.29) is 5.91 Å². The Balaban J connectivity index is 2.03. The number of rotatable bonds is 2. The highest BCUT2D eigenvalue weighted by Gasteiger charge is 1.92. The monoisotopic (exact) mass is 237 g/mol. The highest BCUT2D eigenvalue weighted by Crippen LogP contribution is 2.14. The average Bonchev–Trinajstić information content (AvgIpc) is 2.38. The van der Waals surface area contributed by atoms with Crippen LogP contribution in [0.2, 0.25) is 0 Å². The van der Waals surface area contributed by atoms with E-state index in [1.165, 1.54) is 17.7 Å². The number of carbonyl (C=O) groups is 1. The smallest absolute Gasteiger partial charge is 0.216 e. The number of hydrogen-bond donors (Lipinski definition) is 1. The molecular formula is C16H15NO. The first-order chi connectivity index (χ1) is 8.75. The van der Waals surface area contributed by atoms with Gasteiger partial charge in [-0.2, -0.15) is 0 Å². The van der Waals surface area contributed by atoms with Gasteiger partial charge in [0.15, 0.2) is 0 Å². The van der Waals surface area contributed by atoms with Crippen LogP contribution in [0.5, 0.6) is 0 Å². The van der Waals surface area contributed by atoms with Gasteiger partial charge in [0.1, 0.15) is 0 Å². The van der Waals surface area contributed by atoms with Gasteiger partial charge < -0.3 is 5.32 Å². The zero-order valence-corrected chi connectivity index (χ0v) is 10.4. The molecule has 0 fully saturated rings. The fraction of sp³-hybridized carbons (Fsp3) is 0.188. The minimum Gasteiger partial charge on any atom is -0.355 e. The third-order valence-electron chi connectivity index (χ3n) is 2.61. The van der Waals surface area contributed by atoms with Crippen molar-refractivity contribution in [2.24, 2.45) is 0 Å². The largest absolute Gasteiger partial charge is 0.355 e. The molecule has 0 aliphatic heterocycles. The lowest BCUT2D eigenvalue weighted by atomic mass is 10.1.